The van der Waals surface area contributed by atoms with Crippen molar-refractivity contribution in [1.29, 1.82) is 0 Å². The van der Waals surface area contributed by atoms with Gasteiger partial charge in [0.15, 0.2) is 12.2 Å². The fourth-order valence-electron chi connectivity index (χ4n) is 8.95. The van der Waals surface area contributed by atoms with Crippen molar-refractivity contribution in [2.75, 3.05) is 30.1 Å². The summed E-state index contributed by atoms with van der Waals surface area (Å²) in [7, 11) is 1.66. The molecule has 4 aromatic carbocycles. The van der Waals surface area contributed by atoms with Crippen LogP contribution in [-0.4, -0.2) is 58.3 Å². The minimum Gasteiger partial charge on any atom is -0.497 e. The van der Waals surface area contributed by atoms with Gasteiger partial charge in [0, 0.05) is 48.9 Å². The van der Waals surface area contributed by atoms with Gasteiger partial charge >= 0.3 is 0 Å². The first-order valence-electron chi connectivity index (χ1n) is 18.5. The van der Waals surface area contributed by atoms with E-state index in [1.807, 2.05) is 96.0 Å². The van der Waals surface area contributed by atoms with Gasteiger partial charge in [0.1, 0.15) is 11.5 Å². The first kappa shape index (κ1) is 35.5. The maximum Gasteiger partial charge on any atom is 0.269 e. The normalized spacial score (nSPS) is 22.1. The van der Waals surface area contributed by atoms with Gasteiger partial charge in [-0.15, -0.1) is 5.10 Å². The second-order valence-corrected chi connectivity index (χ2v) is 15.0. The predicted octanol–water partition coefficient (Wildman–Crippen LogP) is 6.34. The van der Waals surface area contributed by atoms with Crippen LogP contribution in [0.1, 0.15) is 49.6 Å². The Hall–Kier alpha value is -5.52. The molecule has 1 fully saturated rings. The number of nitrogens with zero attached hydrogens (tertiary/aromatic N) is 5. The molecule has 4 atom stereocenters. The summed E-state index contributed by atoms with van der Waals surface area (Å²) >= 11 is 0. The average Bonchev–Trinajstić information content (AvgIpc) is 3.84. The molecule has 0 radical (unpaired) electrons. The topological polar surface area (TPSA) is 119 Å². The molecular weight excluding hydrogens is 683 g/mol. The van der Waals surface area contributed by atoms with Gasteiger partial charge in [-0.05, 0) is 65.4 Å². The lowest BCUT2D eigenvalue weighted by atomic mass is 9.63. The van der Waals surface area contributed by atoms with Gasteiger partial charge in [0.2, 0.25) is 0 Å². The van der Waals surface area contributed by atoms with Gasteiger partial charge in [0.25, 0.3) is 11.8 Å². The quantitative estimate of drug-likeness (QED) is 0.168. The summed E-state index contributed by atoms with van der Waals surface area (Å²) in [6, 6.07) is 31.5. The summed E-state index contributed by atoms with van der Waals surface area (Å²) in [6.07, 6.45) is 2.62. The summed E-state index contributed by atoms with van der Waals surface area (Å²) in [6.45, 7) is 7.50. The van der Waals surface area contributed by atoms with Gasteiger partial charge < -0.3 is 24.2 Å². The Balaban J connectivity index is 1.12. The van der Waals surface area contributed by atoms with E-state index in [-0.39, 0.29) is 43.0 Å². The van der Waals surface area contributed by atoms with Crippen LogP contribution < -0.4 is 19.3 Å². The molecule has 0 bridgehead atoms. The number of hydrogen-bond acceptors (Lipinski definition) is 8. The Kier molecular flexibility index (Phi) is 9.23. The summed E-state index contributed by atoms with van der Waals surface area (Å²) in [5, 5.41) is 17.9. The van der Waals surface area contributed by atoms with Gasteiger partial charge in [-0.2, -0.15) is 0 Å². The lowest BCUT2D eigenvalue weighted by Gasteiger charge is -2.38. The van der Waals surface area contributed by atoms with Crippen LogP contribution in [0.25, 0.3) is 0 Å². The van der Waals surface area contributed by atoms with Crippen LogP contribution in [-0.2, 0) is 44.9 Å². The summed E-state index contributed by atoms with van der Waals surface area (Å²) < 4.78 is 20.2. The molecule has 1 N–H and O–H groups in total. The smallest absolute Gasteiger partial charge is 0.269 e. The maximum absolute atomic E-state index is 15.1. The molecule has 4 heterocycles. The van der Waals surface area contributed by atoms with Crippen LogP contribution >= 0.6 is 0 Å². The third kappa shape index (κ3) is 5.92. The Morgan fingerprint density at radius 1 is 0.944 bits per heavy atom. The van der Waals surface area contributed by atoms with Gasteiger partial charge in [-0.3, -0.25) is 19.2 Å². The summed E-state index contributed by atoms with van der Waals surface area (Å²) in [5.74, 6) is 0.964. The molecule has 11 heteroatoms. The first-order valence-corrected chi connectivity index (χ1v) is 18.5. The number of aryl methyl sites for hydroxylation is 1. The number of benzene rings is 4. The zero-order valence-electron chi connectivity index (χ0n) is 31.0. The highest BCUT2D eigenvalue weighted by Gasteiger charge is 2.65. The number of methoxy groups -OCH3 is 1. The standard InChI is InChI=1S/C43H45N5O6/c1-28-40(42(2,3)30-15-19-33(52-4)20-16-30)38(21-23-46-26-31(22-24-49)44-45-46)54-43(28)34-9-5-6-10-35(34)47(41(43)51)25-29-13-17-32(18-14-29)48-36-11-7-8-12-37(36)53-27-39(48)50/h5-20,26,28,38,40,49H,21-25,27H2,1-4H3/t28-,38+,40-,43+/m0/s1. The fourth-order valence-corrected chi connectivity index (χ4v) is 8.95. The number of carbonyl (C=O) groups excluding carboxylic acids is 2. The average molecular weight is 728 g/mol. The van der Waals surface area contributed by atoms with Crippen LogP contribution in [0, 0.1) is 11.8 Å². The number of fused-ring (bicyclic) bond motifs is 3. The van der Waals surface area contributed by atoms with E-state index in [2.05, 4.69) is 43.2 Å². The molecule has 5 aromatic rings. The van der Waals surface area contributed by atoms with Crippen molar-refractivity contribution in [2.24, 2.45) is 11.8 Å². The zero-order chi connectivity index (χ0) is 37.6. The molecule has 11 nitrogen and oxygen atoms in total. The van der Waals surface area contributed by atoms with Gasteiger partial charge in [-0.25, -0.2) is 0 Å². The molecule has 0 unspecified atom stereocenters. The maximum atomic E-state index is 15.1. The molecule has 1 aromatic heterocycles. The number of ether oxygens (including phenoxy) is 3. The number of aliphatic hydroxyl groups is 1. The van der Waals surface area contributed by atoms with Crippen molar-refractivity contribution < 1.29 is 28.9 Å². The third-order valence-corrected chi connectivity index (χ3v) is 11.6. The molecule has 1 spiro atoms. The van der Waals surface area contributed by atoms with Crippen LogP contribution in [0.15, 0.2) is 103 Å². The number of anilines is 3. The summed E-state index contributed by atoms with van der Waals surface area (Å²) in [4.78, 5) is 31.7. The fraction of sp³-hybridized carbons (Fsp3) is 0.349. The highest BCUT2D eigenvalue weighted by Crippen LogP contribution is 2.60. The lowest BCUT2D eigenvalue weighted by Crippen LogP contribution is -2.45. The number of carbonyl (C=O) groups is 2. The number of amides is 2. The molecule has 8 rings (SSSR count). The first-order chi connectivity index (χ1) is 26.1. The number of aromatic nitrogens is 3. The van der Waals surface area contributed by atoms with Crippen molar-refractivity contribution in [1.82, 2.24) is 15.0 Å². The van der Waals surface area contributed by atoms with Crippen molar-refractivity contribution in [3.8, 4) is 11.5 Å². The zero-order valence-corrected chi connectivity index (χ0v) is 31.0. The van der Waals surface area contributed by atoms with Crippen molar-refractivity contribution in [2.45, 2.75) is 63.8 Å². The number of para-hydroxylation sites is 3. The SMILES string of the molecule is COc1ccc(C(C)(C)[C@@H]2[C@@H](CCn3cc(CCO)nn3)O[C@]3(C(=O)N(Cc4ccc(N5C(=O)COc6ccccc65)cc4)c4ccccc43)[C@H]2C)cc1. The van der Waals surface area contributed by atoms with E-state index in [9.17, 15) is 9.90 Å². The molecule has 0 aliphatic carbocycles. The van der Waals surface area contributed by atoms with E-state index in [4.69, 9.17) is 14.2 Å². The molecule has 1 saturated heterocycles. The molecule has 3 aliphatic rings. The lowest BCUT2D eigenvalue weighted by molar-refractivity contribution is -0.146. The molecule has 0 saturated carbocycles. The Bertz CT molecular complexity index is 2170. The van der Waals surface area contributed by atoms with Gasteiger partial charge in [0.05, 0.1) is 36.8 Å². The van der Waals surface area contributed by atoms with Crippen LogP contribution in [0.2, 0.25) is 0 Å². The molecule has 2 amide bonds. The largest absolute Gasteiger partial charge is 0.497 e. The van der Waals surface area contributed by atoms with E-state index in [0.717, 1.165) is 39.5 Å². The van der Waals surface area contributed by atoms with E-state index < -0.39 is 11.0 Å². The number of rotatable bonds is 11. The van der Waals surface area contributed by atoms with E-state index in [1.165, 1.54) is 0 Å². The minimum atomic E-state index is -1.20. The Labute approximate surface area is 315 Å². The molecule has 54 heavy (non-hydrogen) atoms. The van der Waals surface area contributed by atoms with E-state index in [1.54, 1.807) is 16.7 Å². The highest BCUT2D eigenvalue weighted by atomic mass is 16.5. The predicted molar refractivity (Wildman–Crippen MR) is 204 cm³/mol. The molecular formula is C43H45N5O6. The minimum absolute atomic E-state index is 0.00677. The molecule has 3 aliphatic heterocycles. The third-order valence-electron chi connectivity index (χ3n) is 11.6. The number of aliphatic hydroxyl groups excluding tert-OH is 1. The van der Waals surface area contributed by atoms with E-state index in [0.29, 0.717) is 37.4 Å². The van der Waals surface area contributed by atoms with Crippen molar-refractivity contribution >= 4 is 28.9 Å². The second kappa shape index (κ2) is 14.0. The Morgan fingerprint density at radius 3 is 2.41 bits per heavy atom. The van der Waals surface area contributed by atoms with Crippen LogP contribution in [0.3, 0.4) is 0 Å². The second-order valence-electron chi connectivity index (χ2n) is 15.0. The Morgan fingerprint density at radius 2 is 1.67 bits per heavy atom. The van der Waals surface area contributed by atoms with Crippen molar-refractivity contribution in [3.63, 3.8) is 0 Å². The van der Waals surface area contributed by atoms with Crippen molar-refractivity contribution in [3.05, 3.63) is 126 Å². The summed E-state index contributed by atoms with van der Waals surface area (Å²) in [5.41, 5.74) is 4.34. The van der Waals surface area contributed by atoms with Gasteiger partial charge in [-0.1, -0.05) is 80.6 Å². The highest BCUT2D eigenvalue weighted by molar-refractivity contribution is 6.07. The monoisotopic (exact) mass is 727 g/mol. The molecule has 278 valence electrons. The van der Waals surface area contributed by atoms with Crippen LogP contribution in [0.4, 0.5) is 17.1 Å². The number of hydrogen-bond donors (Lipinski definition) is 1. The van der Waals surface area contributed by atoms with E-state index >= 15 is 4.79 Å². The van der Waals surface area contributed by atoms with Crippen LogP contribution in [0.5, 0.6) is 11.5 Å².